The standard InChI is InChI=1S/C28H37N3OS/c1-19(2)14-25(22-16-26(29)28(30-4)27(17-22)32-6)21-13-12-20(3)23(15-21)18-31(5)33-24-10-8-7-9-11-24/h7-13,15-17,19,25,30H,14,18,29H2,1-6H3. The molecule has 1 atom stereocenters. The van der Waals surface area contributed by atoms with E-state index in [-0.39, 0.29) is 5.92 Å². The van der Waals surface area contributed by atoms with Crippen LogP contribution in [0.4, 0.5) is 11.4 Å². The van der Waals surface area contributed by atoms with Crippen molar-refractivity contribution in [1.29, 1.82) is 0 Å². The highest BCUT2D eigenvalue weighted by molar-refractivity contribution is 7.97. The number of nitrogen functional groups attached to an aromatic ring is 1. The third kappa shape index (κ3) is 6.46. The molecule has 0 radical (unpaired) electrons. The van der Waals surface area contributed by atoms with E-state index in [1.54, 1.807) is 19.1 Å². The molecule has 0 aromatic heterocycles. The van der Waals surface area contributed by atoms with Crippen LogP contribution in [0.3, 0.4) is 0 Å². The second-order valence-corrected chi connectivity index (χ2v) is 10.3. The minimum Gasteiger partial charge on any atom is -0.494 e. The minimum atomic E-state index is 0.249. The third-order valence-electron chi connectivity index (χ3n) is 5.91. The maximum atomic E-state index is 6.40. The lowest BCUT2D eigenvalue weighted by molar-refractivity contribution is 0.415. The Hall–Kier alpha value is -2.63. The van der Waals surface area contributed by atoms with Crippen molar-refractivity contribution in [2.24, 2.45) is 5.92 Å². The number of benzene rings is 3. The fourth-order valence-corrected chi connectivity index (χ4v) is 5.08. The first kappa shape index (κ1) is 25.0. The van der Waals surface area contributed by atoms with Crippen molar-refractivity contribution in [2.45, 2.75) is 44.6 Å². The second kappa shape index (κ2) is 11.5. The molecule has 0 aliphatic rings. The molecule has 176 valence electrons. The van der Waals surface area contributed by atoms with Crippen LogP contribution in [0, 0.1) is 12.8 Å². The van der Waals surface area contributed by atoms with E-state index in [2.05, 4.69) is 98.1 Å². The molecule has 0 fully saturated rings. The molecule has 3 rings (SSSR count). The summed E-state index contributed by atoms with van der Waals surface area (Å²) >= 11 is 1.77. The van der Waals surface area contributed by atoms with E-state index in [1.165, 1.54) is 27.1 Å². The molecule has 33 heavy (non-hydrogen) atoms. The van der Waals surface area contributed by atoms with Crippen molar-refractivity contribution in [3.8, 4) is 5.75 Å². The Labute approximate surface area is 203 Å². The van der Waals surface area contributed by atoms with Gasteiger partial charge in [0.05, 0.1) is 18.5 Å². The molecule has 0 saturated heterocycles. The van der Waals surface area contributed by atoms with Crippen LogP contribution in [0.1, 0.15) is 48.4 Å². The summed E-state index contributed by atoms with van der Waals surface area (Å²) in [4.78, 5) is 1.25. The maximum Gasteiger partial charge on any atom is 0.144 e. The Morgan fingerprint density at radius 1 is 1.03 bits per heavy atom. The van der Waals surface area contributed by atoms with Gasteiger partial charge in [-0.1, -0.05) is 50.2 Å². The van der Waals surface area contributed by atoms with Gasteiger partial charge in [0, 0.05) is 24.4 Å². The first-order chi connectivity index (χ1) is 15.8. The molecule has 0 saturated carbocycles. The van der Waals surface area contributed by atoms with Gasteiger partial charge in [-0.25, -0.2) is 4.31 Å². The first-order valence-corrected chi connectivity index (χ1v) is 12.3. The van der Waals surface area contributed by atoms with Crippen LogP contribution in [0.15, 0.2) is 65.6 Å². The lowest BCUT2D eigenvalue weighted by Crippen LogP contribution is -2.12. The van der Waals surface area contributed by atoms with Gasteiger partial charge in [-0.3, -0.25) is 0 Å². The number of ether oxygens (including phenoxy) is 1. The van der Waals surface area contributed by atoms with Crippen molar-refractivity contribution in [3.63, 3.8) is 0 Å². The maximum absolute atomic E-state index is 6.40. The minimum absolute atomic E-state index is 0.249. The summed E-state index contributed by atoms with van der Waals surface area (Å²) in [5.41, 5.74) is 13.1. The van der Waals surface area contributed by atoms with Crippen LogP contribution in [0.25, 0.3) is 0 Å². The van der Waals surface area contributed by atoms with Gasteiger partial charge >= 0.3 is 0 Å². The van der Waals surface area contributed by atoms with Crippen LogP contribution in [0.2, 0.25) is 0 Å². The molecule has 0 aliphatic heterocycles. The zero-order valence-corrected chi connectivity index (χ0v) is 21.5. The molecular formula is C28H37N3OS. The van der Waals surface area contributed by atoms with E-state index in [9.17, 15) is 0 Å². The summed E-state index contributed by atoms with van der Waals surface area (Å²) in [6, 6.07) is 21.6. The number of hydrogen-bond donors (Lipinski definition) is 2. The SMILES string of the molecule is CNc1c(N)cc(C(CC(C)C)c2ccc(C)c(CN(C)Sc3ccccc3)c2)cc1OC. The predicted octanol–water partition coefficient (Wildman–Crippen LogP) is 6.94. The van der Waals surface area contributed by atoms with E-state index in [0.29, 0.717) is 11.6 Å². The van der Waals surface area contributed by atoms with Crippen molar-refractivity contribution in [3.05, 3.63) is 82.9 Å². The summed E-state index contributed by atoms with van der Waals surface area (Å²) in [6.45, 7) is 7.61. The Balaban J connectivity index is 1.93. The van der Waals surface area contributed by atoms with Crippen molar-refractivity contribution >= 4 is 23.3 Å². The number of anilines is 2. The lowest BCUT2D eigenvalue weighted by Gasteiger charge is -2.24. The normalized spacial score (nSPS) is 12.2. The van der Waals surface area contributed by atoms with Gasteiger partial charge in [-0.2, -0.15) is 0 Å². The molecular weight excluding hydrogens is 426 g/mol. The van der Waals surface area contributed by atoms with E-state index in [1.807, 2.05) is 7.05 Å². The molecule has 3 aromatic rings. The summed E-state index contributed by atoms with van der Waals surface area (Å²) in [6.07, 6.45) is 1.04. The topological polar surface area (TPSA) is 50.5 Å². The monoisotopic (exact) mass is 463 g/mol. The van der Waals surface area contributed by atoms with Crippen LogP contribution >= 0.6 is 11.9 Å². The van der Waals surface area contributed by atoms with Crippen molar-refractivity contribution < 1.29 is 4.74 Å². The van der Waals surface area contributed by atoms with Gasteiger partial charge in [-0.05, 0) is 84.8 Å². The smallest absolute Gasteiger partial charge is 0.144 e. The molecule has 0 heterocycles. The van der Waals surface area contributed by atoms with Gasteiger partial charge in [0.2, 0.25) is 0 Å². The van der Waals surface area contributed by atoms with Crippen LogP contribution in [0.5, 0.6) is 5.75 Å². The lowest BCUT2D eigenvalue weighted by atomic mass is 9.83. The number of rotatable bonds is 10. The Morgan fingerprint density at radius 3 is 2.39 bits per heavy atom. The molecule has 1 unspecified atom stereocenters. The number of hydrogen-bond acceptors (Lipinski definition) is 5. The number of methoxy groups -OCH3 is 1. The average molecular weight is 464 g/mol. The molecule has 0 bridgehead atoms. The fraction of sp³-hybridized carbons (Fsp3) is 0.357. The van der Waals surface area contributed by atoms with Gasteiger partial charge in [-0.15, -0.1) is 0 Å². The zero-order valence-electron chi connectivity index (χ0n) is 20.7. The van der Waals surface area contributed by atoms with Crippen LogP contribution in [-0.2, 0) is 6.54 Å². The summed E-state index contributed by atoms with van der Waals surface area (Å²) in [5.74, 6) is 1.58. The molecule has 0 spiro atoms. The highest BCUT2D eigenvalue weighted by atomic mass is 32.2. The average Bonchev–Trinajstić information content (AvgIpc) is 2.79. The van der Waals surface area contributed by atoms with Crippen LogP contribution in [-0.4, -0.2) is 25.5 Å². The van der Waals surface area contributed by atoms with Gasteiger partial charge in [0.25, 0.3) is 0 Å². The summed E-state index contributed by atoms with van der Waals surface area (Å²) in [5, 5.41) is 3.16. The highest BCUT2D eigenvalue weighted by Gasteiger charge is 2.20. The van der Waals surface area contributed by atoms with E-state index in [0.717, 1.165) is 24.4 Å². The predicted molar refractivity (Wildman–Crippen MR) is 143 cm³/mol. The van der Waals surface area contributed by atoms with E-state index < -0.39 is 0 Å². The zero-order chi connectivity index (χ0) is 24.0. The van der Waals surface area contributed by atoms with Crippen LogP contribution < -0.4 is 15.8 Å². The van der Waals surface area contributed by atoms with Crippen molar-refractivity contribution in [1.82, 2.24) is 4.31 Å². The number of aryl methyl sites for hydroxylation is 1. The molecule has 4 nitrogen and oxygen atoms in total. The third-order valence-corrected chi connectivity index (χ3v) is 6.83. The second-order valence-electron chi connectivity index (χ2n) is 9.00. The quantitative estimate of drug-likeness (QED) is 0.252. The first-order valence-electron chi connectivity index (χ1n) is 11.5. The Kier molecular flexibility index (Phi) is 8.70. The van der Waals surface area contributed by atoms with E-state index >= 15 is 0 Å². The molecule has 0 aliphatic carbocycles. The summed E-state index contributed by atoms with van der Waals surface area (Å²) < 4.78 is 7.94. The fourth-order valence-electron chi connectivity index (χ4n) is 4.24. The Bertz CT molecular complexity index is 1050. The largest absolute Gasteiger partial charge is 0.494 e. The number of nitrogens with one attached hydrogen (secondary N) is 1. The van der Waals surface area contributed by atoms with Gasteiger partial charge < -0.3 is 15.8 Å². The molecule has 3 aromatic carbocycles. The molecule has 3 N–H and O–H groups in total. The molecule has 0 amide bonds. The number of nitrogens with two attached hydrogens (primary N) is 1. The van der Waals surface area contributed by atoms with E-state index in [4.69, 9.17) is 10.5 Å². The number of nitrogens with zero attached hydrogens (tertiary/aromatic N) is 1. The highest BCUT2D eigenvalue weighted by Crippen LogP contribution is 2.39. The summed E-state index contributed by atoms with van der Waals surface area (Å²) in [7, 11) is 5.72. The van der Waals surface area contributed by atoms with Gasteiger partial charge in [0.15, 0.2) is 0 Å². The Morgan fingerprint density at radius 2 is 1.76 bits per heavy atom. The van der Waals surface area contributed by atoms with Crippen molar-refractivity contribution in [2.75, 3.05) is 32.3 Å². The molecule has 5 heteroatoms. The van der Waals surface area contributed by atoms with Gasteiger partial charge in [0.1, 0.15) is 5.75 Å².